The summed E-state index contributed by atoms with van der Waals surface area (Å²) in [6, 6.07) is -4.57. The molecule has 12 heteroatoms. The molecule has 0 aliphatic rings. The molecule has 0 bridgehead atoms. The average Bonchev–Trinajstić information content (AvgIpc) is 2.59. The molecule has 0 aromatic heterocycles. The summed E-state index contributed by atoms with van der Waals surface area (Å²) < 4.78 is 0. The van der Waals surface area contributed by atoms with E-state index in [1.807, 2.05) is 0 Å². The van der Waals surface area contributed by atoms with E-state index in [1.165, 1.54) is 6.92 Å². The number of carbonyl (C=O) groups is 4. The molecule has 0 aliphatic carbocycles. The zero-order valence-corrected chi connectivity index (χ0v) is 17.2. The van der Waals surface area contributed by atoms with Crippen molar-refractivity contribution in [2.24, 2.45) is 11.7 Å². The Morgan fingerprint density at radius 1 is 0.889 bits per heavy atom. The molecule has 0 aromatic rings. The summed E-state index contributed by atoms with van der Waals surface area (Å²) in [4.78, 5) is 47.7. The number of rotatable bonds is 11. The van der Waals surface area contributed by atoms with Crippen molar-refractivity contribution < 1.29 is 29.4 Å². The van der Waals surface area contributed by atoms with Crippen molar-refractivity contribution in [3.05, 3.63) is 0 Å². The number of nitrogens with two attached hydrogens (primary N) is 1. The van der Waals surface area contributed by atoms with E-state index in [1.54, 1.807) is 13.8 Å². The van der Waals surface area contributed by atoms with Gasteiger partial charge in [-0.05, 0) is 12.8 Å². The van der Waals surface area contributed by atoms with Crippen LogP contribution in [0.1, 0.15) is 20.8 Å². The Hall–Kier alpha value is -1.50. The first-order valence-corrected chi connectivity index (χ1v) is 9.51. The Balaban J connectivity index is 5.10. The first-order chi connectivity index (χ1) is 12.5. The molecule has 10 nitrogen and oxygen atoms in total. The van der Waals surface area contributed by atoms with Crippen LogP contribution >= 0.6 is 25.3 Å². The molecule has 0 saturated carbocycles. The lowest BCUT2D eigenvalue weighted by Crippen LogP contribution is -2.59. The minimum atomic E-state index is -1.25. The monoisotopic (exact) mass is 424 g/mol. The molecule has 0 fully saturated rings. The molecule has 0 saturated heterocycles. The molecule has 0 radical (unpaired) electrons. The highest BCUT2D eigenvalue weighted by molar-refractivity contribution is 7.80. The lowest BCUT2D eigenvalue weighted by atomic mass is 10.0. The number of hydrogen-bond acceptors (Lipinski definition) is 8. The number of carboxylic acids is 1. The van der Waals surface area contributed by atoms with Gasteiger partial charge in [0.1, 0.15) is 24.2 Å². The van der Waals surface area contributed by atoms with E-state index < -0.39 is 54.0 Å². The molecule has 0 rings (SSSR count). The molecule has 27 heavy (non-hydrogen) atoms. The topological polar surface area (TPSA) is 171 Å². The van der Waals surface area contributed by atoms with E-state index in [0.717, 1.165) is 0 Å². The summed E-state index contributed by atoms with van der Waals surface area (Å²) >= 11 is 7.87. The van der Waals surface area contributed by atoms with Gasteiger partial charge in [0.25, 0.3) is 0 Å². The van der Waals surface area contributed by atoms with Crippen LogP contribution in [0.25, 0.3) is 0 Å². The Labute approximate surface area is 168 Å². The van der Waals surface area contributed by atoms with Crippen molar-refractivity contribution in [1.82, 2.24) is 16.0 Å². The van der Waals surface area contributed by atoms with Gasteiger partial charge in [0.2, 0.25) is 17.7 Å². The number of nitrogens with one attached hydrogen (secondary N) is 3. The maximum atomic E-state index is 12.4. The number of aliphatic hydroxyl groups is 1. The second kappa shape index (κ2) is 12.1. The third-order valence-electron chi connectivity index (χ3n) is 3.68. The number of aliphatic carboxylic acids is 1. The number of aliphatic hydroxyl groups excluding tert-OH is 1. The smallest absolute Gasteiger partial charge is 0.327 e. The van der Waals surface area contributed by atoms with E-state index in [2.05, 4.69) is 41.2 Å². The fourth-order valence-electron chi connectivity index (χ4n) is 1.92. The third kappa shape index (κ3) is 8.37. The second-order valence-corrected chi connectivity index (χ2v) is 7.05. The van der Waals surface area contributed by atoms with Crippen LogP contribution in [0, 0.1) is 5.92 Å². The molecule has 7 N–H and O–H groups in total. The third-order valence-corrected chi connectivity index (χ3v) is 4.41. The lowest BCUT2D eigenvalue weighted by Gasteiger charge is -2.26. The zero-order valence-electron chi connectivity index (χ0n) is 15.4. The van der Waals surface area contributed by atoms with Gasteiger partial charge in [-0.2, -0.15) is 25.3 Å². The Morgan fingerprint density at radius 3 is 1.74 bits per heavy atom. The summed E-state index contributed by atoms with van der Waals surface area (Å²) in [6.45, 7) is 4.66. The van der Waals surface area contributed by atoms with Crippen LogP contribution in [0.2, 0.25) is 0 Å². The number of amides is 3. The lowest BCUT2D eigenvalue weighted by molar-refractivity contribution is -0.142. The van der Waals surface area contributed by atoms with Gasteiger partial charge in [0.05, 0.1) is 6.10 Å². The summed E-state index contributed by atoms with van der Waals surface area (Å²) in [6.07, 6.45) is -1.11. The molecule has 5 atom stereocenters. The normalized spacial score (nSPS) is 16.6. The van der Waals surface area contributed by atoms with Gasteiger partial charge in [-0.3, -0.25) is 14.4 Å². The largest absolute Gasteiger partial charge is 0.480 e. The zero-order chi connectivity index (χ0) is 21.3. The van der Waals surface area contributed by atoms with Gasteiger partial charge < -0.3 is 31.9 Å². The average molecular weight is 425 g/mol. The maximum absolute atomic E-state index is 12.4. The molecular formula is C15H28N4O6S2. The summed E-state index contributed by atoms with van der Waals surface area (Å²) in [5.41, 5.74) is 5.51. The van der Waals surface area contributed by atoms with E-state index in [4.69, 9.17) is 10.8 Å². The fourth-order valence-corrected chi connectivity index (χ4v) is 2.42. The quantitative estimate of drug-likeness (QED) is 0.173. The van der Waals surface area contributed by atoms with Gasteiger partial charge in [-0.1, -0.05) is 13.8 Å². The van der Waals surface area contributed by atoms with Gasteiger partial charge >= 0.3 is 5.97 Å². The Kier molecular flexibility index (Phi) is 11.4. The Morgan fingerprint density at radius 2 is 1.37 bits per heavy atom. The molecule has 3 amide bonds. The molecule has 5 unspecified atom stereocenters. The summed E-state index contributed by atoms with van der Waals surface area (Å²) in [7, 11) is 0. The van der Waals surface area contributed by atoms with Crippen LogP contribution in [-0.4, -0.2) is 75.7 Å². The van der Waals surface area contributed by atoms with Crippen molar-refractivity contribution >= 4 is 48.9 Å². The Bertz CT molecular complexity index is 546. The molecule has 156 valence electrons. The number of carbonyl (C=O) groups excluding carboxylic acids is 3. The first kappa shape index (κ1) is 25.5. The van der Waals surface area contributed by atoms with Crippen molar-refractivity contribution in [2.75, 3.05) is 11.5 Å². The fraction of sp³-hybridized carbons (Fsp3) is 0.733. The van der Waals surface area contributed by atoms with Gasteiger partial charge in [-0.15, -0.1) is 0 Å². The highest BCUT2D eigenvalue weighted by atomic mass is 32.1. The highest BCUT2D eigenvalue weighted by Crippen LogP contribution is 2.05. The first-order valence-electron chi connectivity index (χ1n) is 8.25. The van der Waals surface area contributed by atoms with Crippen LogP contribution < -0.4 is 21.7 Å². The second-order valence-electron chi connectivity index (χ2n) is 6.32. The molecular weight excluding hydrogens is 396 g/mol. The predicted octanol–water partition coefficient (Wildman–Crippen LogP) is -2.25. The minimum Gasteiger partial charge on any atom is -0.480 e. The highest BCUT2D eigenvalue weighted by Gasteiger charge is 2.31. The van der Waals surface area contributed by atoms with Crippen LogP contribution in [0.15, 0.2) is 0 Å². The van der Waals surface area contributed by atoms with Crippen molar-refractivity contribution in [1.29, 1.82) is 0 Å². The SMILES string of the molecule is CC(C)C(NC(=O)C(CS)NC(=O)C(N)C(C)O)C(=O)NC(CS)C(=O)O. The van der Waals surface area contributed by atoms with Crippen molar-refractivity contribution in [3.8, 4) is 0 Å². The van der Waals surface area contributed by atoms with Crippen LogP contribution in [0.5, 0.6) is 0 Å². The van der Waals surface area contributed by atoms with Crippen LogP contribution in [-0.2, 0) is 19.2 Å². The standard InChI is InChI=1S/C15H28N4O6S2/c1-6(2)11(14(23)18-9(5-27)15(24)25)19-12(21)8(4-26)17-13(22)10(16)7(3)20/h6-11,20,26-27H,4-5,16H2,1-3H3,(H,17,22)(H,18,23)(H,19,21)(H,24,25). The van der Waals surface area contributed by atoms with Crippen molar-refractivity contribution in [3.63, 3.8) is 0 Å². The molecule has 0 heterocycles. The molecule has 0 aromatic carbocycles. The van der Waals surface area contributed by atoms with Gasteiger partial charge in [0, 0.05) is 11.5 Å². The molecule has 0 aliphatic heterocycles. The number of hydrogen-bond donors (Lipinski definition) is 8. The minimum absolute atomic E-state index is 0.0784. The summed E-state index contributed by atoms with van der Waals surface area (Å²) in [5.74, 6) is -3.94. The van der Waals surface area contributed by atoms with Gasteiger partial charge in [0.15, 0.2) is 0 Å². The number of thiol groups is 2. The predicted molar refractivity (Wildman–Crippen MR) is 106 cm³/mol. The van der Waals surface area contributed by atoms with E-state index in [9.17, 15) is 24.3 Å². The molecule has 0 spiro atoms. The van der Waals surface area contributed by atoms with E-state index in [0.29, 0.717) is 0 Å². The maximum Gasteiger partial charge on any atom is 0.327 e. The van der Waals surface area contributed by atoms with Crippen molar-refractivity contribution in [2.45, 2.75) is 51.0 Å². The van der Waals surface area contributed by atoms with E-state index >= 15 is 0 Å². The van der Waals surface area contributed by atoms with E-state index in [-0.39, 0.29) is 17.4 Å². The number of carboxylic acid groups (broad SMARTS) is 1. The summed E-state index contributed by atoms with van der Waals surface area (Å²) in [5, 5.41) is 25.5. The van der Waals surface area contributed by atoms with Crippen LogP contribution in [0.4, 0.5) is 0 Å². The van der Waals surface area contributed by atoms with Crippen LogP contribution in [0.3, 0.4) is 0 Å². The van der Waals surface area contributed by atoms with Gasteiger partial charge in [-0.25, -0.2) is 4.79 Å².